The number of piperidine rings is 1. The number of carbonyl (C=O) groups is 2. The third-order valence-electron chi connectivity index (χ3n) is 5.91. The summed E-state index contributed by atoms with van der Waals surface area (Å²) in [5.41, 5.74) is 4.26. The zero-order valence-corrected chi connectivity index (χ0v) is 18.4. The topological polar surface area (TPSA) is 79.7 Å². The summed E-state index contributed by atoms with van der Waals surface area (Å²) in [5.74, 6) is -0.182. The van der Waals surface area contributed by atoms with Gasteiger partial charge in [-0.25, -0.2) is 15.2 Å². The molecule has 0 atom stereocenters. The van der Waals surface area contributed by atoms with Crippen molar-refractivity contribution in [3.8, 4) is 0 Å². The molecule has 2 fully saturated rings. The van der Waals surface area contributed by atoms with Crippen LogP contribution in [0.15, 0.2) is 23.7 Å². The first-order chi connectivity index (χ1) is 14.5. The molecule has 2 saturated heterocycles. The van der Waals surface area contributed by atoms with Gasteiger partial charge in [-0.15, -0.1) is 11.3 Å². The lowest BCUT2D eigenvalue weighted by molar-refractivity contribution is -0.0887. The molecule has 8 nitrogen and oxygen atoms in total. The lowest BCUT2D eigenvalue weighted by Gasteiger charge is -2.46. The van der Waals surface area contributed by atoms with Crippen LogP contribution in [-0.4, -0.2) is 56.9 Å². The maximum absolute atomic E-state index is 12.7. The number of hydrogen-bond donors (Lipinski definition) is 1. The van der Waals surface area contributed by atoms with Gasteiger partial charge in [-0.1, -0.05) is 19.4 Å². The molecule has 2 aromatic heterocycles. The number of carbonyl (C=O) groups excluding carboxylic acids is 2. The molecule has 2 aliphatic rings. The SMILES string of the molecule is CCCCn1cc(CN2CCC3(CC2)CN(C(=O)c2cccs2)NC(=O)O3)c(C)n1. The van der Waals surface area contributed by atoms with E-state index in [9.17, 15) is 9.59 Å². The van der Waals surface area contributed by atoms with Gasteiger partial charge in [0.05, 0.1) is 17.1 Å². The van der Waals surface area contributed by atoms with Crippen LogP contribution in [0.5, 0.6) is 0 Å². The standard InChI is InChI=1S/C21H29N5O3S/c1-3-4-9-25-14-17(16(2)22-25)13-24-10-7-21(8-11-24)15-26(23-20(28)29-21)19(27)18-6-5-12-30-18/h5-6,12,14H,3-4,7-11,13,15H2,1-2H3,(H,23,28). The van der Waals surface area contributed by atoms with Gasteiger partial charge in [0.25, 0.3) is 5.91 Å². The molecule has 2 aromatic rings. The normalized spacial score (nSPS) is 19.0. The highest BCUT2D eigenvalue weighted by molar-refractivity contribution is 7.12. The summed E-state index contributed by atoms with van der Waals surface area (Å²) in [4.78, 5) is 27.9. The summed E-state index contributed by atoms with van der Waals surface area (Å²) < 4.78 is 7.74. The zero-order chi connectivity index (χ0) is 21.1. The fourth-order valence-corrected chi connectivity index (χ4v) is 4.79. The van der Waals surface area contributed by atoms with Gasteiger partial charge in [0, 0.05) is 50.8 Å². The van der Waals surface area contributed by atoms with Crippen molar-refractivity contribution in [1.82, 2.24) is 25.1 Å². The van der Waals surface area contributed by atoms with Crippen LogP contribution in [0.1, 0.15) is 53.5 Å². The van der Waals surface area contributed by atoms with Gasteiger partial charge >= 0.3 is 6.09 Å². The monoisotopic (exact) mass is 431 g/mol. The number of nitrogens with zero attached hydrogens (tertiary/aromatic N) is 4. The van der Waals surface area contributed by atoms with Gasteiger partial charge in [0.15, 0.2) is 0 Å². The van der Waals surface area contributed by atoms with Crippen molar-refractivity contribution < 1.29 is 14.3 Å². The summed E-state index contributed by atoms with van der Waals surface area (Å²) in [6, 6.07) is 3.60. The summed E-state index contributed by atoms with van der Waals surface area (Å²) in [5, 5.41) is 7.90. The van der Waals surface area contributed by atoms with Crippen LogP contribution in [0.25, 0.3) is 0 Å². The average Bonchev–Trinajstić information content (AvgIpc) is 3.37. The number of ether oxygens (including phenoxy) is 1. The third-order valence-corrected chi connectivity index (χ3v) is 6.77. The summed E-state index contributed by atoms with van der Waals surface area (Å²) in [6.07, 6.45) is 5.30. The van der Waals surface area contributed by atoms with Crippen molar-refractivity contribution in [2.75, 3.05) is 19.6 Å². The first-order valence-electron chi connectivity index (χ1n) is 10.6. The fraction of sp³-hybridized carbons (Fsp3) is 0.571. The molecule has 0 saturated carbocycles. The highest BCUT2D eigenvalue weighted by atomic mass is 32.1. The molecule has 162 valence electrons. The van der Waals surface area contributed by atoms with Crippen molar-refractivity contribution >= 4 is 23.3 Å². The second-order valence-electron chi connectivity index (χ2n) is 8.19. The molecule has 1 spiro atoms. The van der Waals surface area contributed by atoms with Gasteiger partial charge in [0.2, 0.25) is 0 Å². The number of aryl methyl sites for hydroxylation is 2. The molecule has 0 unspecified atom stereocenters. The van der Waals surface area contributed by atoms with E-state index >= 15 is 0 Å². The Morgan fingerprint density at radius 2 is 2.17 bits per heavy atom. The number of thiophene rings is 1. The summed E-state index contributed by atoms with van der Waals surface area (Å²) >= 11 is 1.37. The fourth-order valence-electron chi connectivity index (χ4n) is 4.11. The number of amides is 2. The number of nitrogens with one attached hydrogen (secondary N) is 1. The molecule has 30 heavy (non-hydrogen) atoms. The van der Waals surface area contributed by atoms with Gasteiger partial charge in [-0.3, -0.25) is 14.4 Å². The Labute approximate surface area is 180 Å². The second kappa shape index (κ2) is 8.77. The average molecular weight is 432 g/mol. The maximum Gasteiger partial charge on any atom is 0.426 e. The number of hydrogen-bond acceptors (Lipinski definition) is 6. The Bertz CT molecular complexity index is 887. The van der Waals surface area contributed by atoms with Gasteiger partial charge in [-0.05, 0) is 24.8 Å². The summed E-state index contributed by atoms with van der Waals surface area (Å²) in [6.45, 7) is 8.05. The first-order valence-corrected chi connectivity index (χ1v) is 11.5. The number of rotatable bonds is 6. The first kappa shape index (κ1) is 20.9. The molecular formula is C21H29N5O3S. The predicted molar refractivity (Wildman–Crippen MR) is 114 cm³/mol. The van der Waals surface area contributed by atoms with Crippen molar-refractivity contribution in [2.24, 2.45) is 0 Å². The number of likely N-dealkylation sites (tertiary alicyclic amines) is 1. The molecule has 0 radical (unpaired) electrons. The molecule has 0 aromatic carbocycles. The Hall–Kier alpha value is -2.39. The van der Waals surface area contributed by atoms with Gasteiger partial charge < -0.3 is 4.74 Å². The van der Waals surface area contributed by atoms with Crippen LogP contribution in [0.3, 0.4) is 0 Å². The molecule has 9 heteroatoms. The van der Waals surface area contributed by atoms with Crippen molar-refractivity contribution in [3.63, 3.8) is 0 Å². The highest BCUT2D eigenvalue weighted by Crippen LogP contribution is 2.31. The number of unbranched alkanes of at least 4 members (excludes halogenated alkanes) is 1. The van der Waals surface area contributed by atoms with E-state index in [-0.39, 0.29) is 5.91 Å². The van der Waals surface area contributed by atoms with Crippen molar-refractivity contribution in [3.05, 3.63) is 39.8 Å². The Morgan fingerprint density at radius 1 is 1.37 bits per heavy atom. The Kier molecular flexibility index (Phi) is 6.10. The molecule has 1 N–H and O–H groups in total. The second-order valence-corrected chi connectivity index (χ2v) is 9.13. The lowest BCUT2D eigenvalue weighted by atomic mass is 9.90. The number of aromatic nitrogens is 2. The van der Waals surface area contributed by atoms with E-state index in [0.717, 1.165) is 44.7 Å². The minimum absolute atomic E-state index is 0.182. The highest BCUT2D eigenvalue weighted by Gasteiger charge is 2.45. The van der Waals surface area contributed by atoms with Crippen molar-refractivity contribution in [2.45, 2.75) is 58.2 Å². The minimum Gasteiger partial charge on any atom is -0.440 e. The third kappa shape index (κ3) is 4.52. The maximum atomic E-state index is 12.7. The van der Waals surface area contributed by atoms with E-state index < -0.39 is 11.7 Å². The molecular weight excluding hydrogens is 402 g/mol. The zero-order valence-electron chi connectivity index (χ0n) is 17.6. The summed E-state index contributed by atoms with van der Waals surface area (Å²) in [7, 11) is 0. The minimum atomic E-state index is -0.619. The molecule has 4 heterocycles. The van der Waals surface area contributed by atoms with E-state index in [1.165, 1.54) is 21.9 Å². The van der Waals surface area contributed by atoms with Crippen molar-refractivity contribution in [1.29, 1.82) is 0 Å². The largest absolute Gasteiger partial charge is 0.440 e. The van der Waals surface area contributed by atoms with Crippen LogP contribution >= 0.6 is 11.3 Å². The lowest BCUT2D eigenvalue weighted by Crippen LogP contribution is -2.63. The Balaban J connectivity index is 1.36. The molecule has 4 rings (SSSR count). The van der Waals surface area contributed by atoms with Crippen LogP contribution in [0.4, 0.5) is 4.79 Å². The van der Waals surface area contributed by atoms with Gasteiger partial charge in [0.1, 0.15) is 5.60 Å². The van der Waals surface area contributed by atoms with E-state index in [0.29, 0.717) is 24.3 Å². The van der Waals surface area contributed by atoms with Crippen LogP contribution in [0, 0.1) is 6.92 Å². The molecule has 2 amide bonds. The van der Waals surface area contributed by atoms with Crippen LogP contribution < -0.4 is 5.43 Å². The Morgan fingerprint density at radius 3 is 2.87 bits per heavy atom. The molecule has 2 aliphatic heterocycles. The quantitative estimate of drug-likeness (QED) is 0.760. The number of hydrazine groups is 1. The molecule has 0 aliphatic carbocycles. The smallest absolute Gasteiger partial charge is 0.426 e. The van der Waals surface area contributed by atoms with Crippen LogP contribution in [-0.2, 0) is 17.8 Å². The van der Waals surface area contributed by atoms with Crippen LogP contribution in [0.2, 0.25) is 0 Å². The van der Waals surface area contributed by atoms with E-state index in [4.69, 9.17) is 4.74 Å². The van der Waals surface area contributed by atoms with E-state index in [1.807, 2.05) is 16.1 Å². The predicted octanol–water partition coefficient (Wildman–Crippen LogP) is 3.18. The van der Waals surface area contributed by atoms with E-state index in [1.54, 1.807) is 6.07 Å². The van der Waals surface area contributed by atoms with Gasteiger partial charge in [-0.2, -0.15) is 5.10 Å². The van der Waals surface area contributed by atoms with E-state index in [2.05, 4.69) is 35.5 Å². The molecule has 0 bridgehead atoms.